The van der Waals surface area contributed by atoms with Crippen LogP contribution in [0.2, 0.25) is 0 Å². The van der Waals surface area contributed by atoms with E-state index >= 15 is 0 Å². The van der Waals surface area contributed by atoms with Crippen molar-refractivity contribution in [3.8, 4) is 0 Å². The molecule has 1 amide bonds. The van der Waals surface area contributed by atoms with Crippen LogP contribution in [-0.4, -0.2) is 56.8 Å². The molecule has 0 unspecified atom stereocenters. The zero-order valence-electron chi connectivity index (χ0n) is 14.3. The highest BCUT2D eigenvalue weighted by molar-refractivity contribution is 5.88. The summed E-state index contributed by atoms with van der Waals surface area (Å²) in [6.07, 6.45) is 13.0. The Morgan fingerprint density at radius 2 is 1.88 bits per heavy atom. The average Bonchev–Trinajstić information content (AvgIpc) is 3.22. The van der Waals surface area contributed by atoms with Crippen molar-refractivity contribution >= 4 is 17.7 Å². The smallest absolute Gasteiger partial charge is 0.218 e. The van der Waals surface area contributed by atoms with Gasteiger partial charge in [0.1, 0.15) is 5.82 Å². The van der Waals surface area contributed by atoms with Crippen molar-refractivity contribution in [2.24, 2.45) is 19.1 Å². The van der Waals surface area contributed by atoms with Gasteiger partial charge in [0.05, 0.1) is 12.9 Å². The van der Waals surface area contributed by atoms with Gasteiger partial charge in [-0.2, -0.15) is 0 Å². The molecule has 0 fully saturated rings. The summed E-state index contributed by atoms with van der Waals surface area (Å²) in [4.78, 5) is 23.7. The highest BCUT2D eigenvalue weighted by Crippen LogP contribution is 2.13. The number of carbonyl (C=O) groups excluding carboxylic acids is 1. The lowest BCUT2D eigenvalue weighted by atomic mass is 10.2. The Morgan fingerprint density at radius 1 is 1.21 bits per heavy atom. The van der Waals surface area contributed by atoms with Crippen LogP contribution in [-0.2, 0) is 18.9 Å². The Kier molecular flexibility index (Phi) is 9.70. The summed E-state index contributed by atoms with van der Waals surface area (Å²) >= 11 is 0. The van der Waals surface area contributed by atoms with Crippen molar-refractivity contribution in [3.63, 3.8) is 0 Å². The first kappa shape index (κ1) is 21.3. The van der Waals surface area contributed by atoms with E-state index in [0.717, 1.165) is 12.4 Å². The Morgan fingerprint density at radius 3 is 2.17 bits per heavy atom. The number of nitrogens with zero attached hydrogens (tertiary/aromatic N) is 6. The molecular formula is C17H28N6O. The third kappa shape index (κ3) is 7.53. The lowest BCUT2D eigenvalue weighted by Crippen LogP contribution is -2.17. The van der Waals surface area contributed by atoms with Crippen LogP contribution < -0.4 is 0 Å². The summed E-state index contributed by atoms with van der Waals surface area (Å²) in [6.45, 7) is 2.30. The maximum absolute atomic E-state index is 10.1. The third-order valence-electron chi connectivity index (χ3n) is 3.02. The number of aromatic nitrogens is 4. The summed E-state index contributed by atoms with van der Waals surface area (Å²) in [6, 6.07) is 0. The van der Waals surface area contributed by atoms with E-state index in [9.17, 15) is 4.79 Å². The second kappa shape index (κ2) is 10.9. The molecule has 1 aliphatic rings. The number of carbonyl (C=O) groups is 1. The molecule has 0 spiro atoms. The SMILES string of the molecule is C.CC(=O)N(C)C.Cn1ccnc1.Cn1ccnc1C1=CC=NC1. The number of amides is 1. The highest BCUT2D eigenvalue weighted by Gasteiger charge is 2.07. The number of allylic oxidation sites excluding steroid dienone is 1. The largest absolute Gasteiger partial charge is 0.349 e. The molecule has 7 nitrogen and oxygen atoms in total. The molecule has 0 aromatic carbocycles. The molecule has 3 rings (SSSR count). The summed E-state index contributed by atoms with van der Waals surface area (Å²) in [5, 5.41) is 0. The van der Waals surface area contributed by atoms with Crippen molar-refractivity contribution < 1.29 is 4.79 Å². The van der Waals surface area contributed by atoms with Gasteiger partial charge in [-0.15, -0.1) is 0 Å². The van der Waals surface area contributed by atoms with Crippen molar-refractivity contribution in [3.05, 3.63) is 43.0 Å². The van der Waals surface area contributed by atoms with Crippen LogP contribution in [0.3, 0.4) is 0 Å². The van der Waals surface area contributed by atoms with Crippen LogP contribution in [0.25, 0.3) is 5.57 Å². The lowest BCUT2D eigenvalue weighted by molar-refractivity contribution is -0.126. The molecule has 0 saturated heterocycles. The van der Waals surface area contributed by atoms with Gasteiger partial charge in [-0.25, -0.2) is 9.97 Å². The van der Waals surface area contributed by atoms with Crippen molar-refractivity contribution in [1.29, 1.82) is 0 Å². The monoisotopic (exact) mass is 332 g/mol. The first-order chi connectivity index (χ1) is 10.9. The Bertz CT molecular complexity index is 652. The van der Waals surface area contributed by atoms with Gasteiger partial charge in [0, 0.05) is 71.7 Å². The minimum atomic E-state index is 0. The standard InChI is InChI=1S/C8H9N3.C4H6N2.C4H9NO.CH4/c1-11-5-4-10-8(11)7-2-3-9-6-7;1-6-3-2-5-4-6;1-4(6)5(2)3;/h2-5H,6H2,1H3;2-4H,1H3;1-3H3;1H4. The molecule has 0 N–H and O–H groups in total. The zero-order valence-corrected chi connectivity index (χ0v) is 14.3. The topological polar surface area (TPSA) is 68.3 Å². The van der Waals surface area contributed by atoms with Crippen LogP contribution in [0.1, 0.15) is 20.2 Å². The van der Waals surface area contributed by atoms with E-state index in [1.165, 1.54) is 17.4 Å². The first-order valence-electron chi connectivity index (χ1n) is 7.18. The van der Waals surface area contributed by atoms with Gasteiger partial charge in [-0.1, -0.05) is 7.43 Å². The Hall–Kier alpha value is -2.70. The molecule has 2 aromatic heterocycles. The fourth-order valence-corrected chi connectivity index (χ4v) is 1.49. The molecule has 7 heteroatoms. The van der Waals surface area contributed by atoms with Crippen LogP contribution >= 0.6 is 0 Å². The molecule has 0 atom stereocenters. The lowest BCUT2D eigenvalue weighted by Gasteiger charge is -2.02. The molecule has 0 bridgehead atoms. The summed E-state index contributed by atoms with van der Waals surface area (Å²) in [5.41, 5.74) is 1.19. The molecule has 132 valence electrons. The van der Waals surface area contributed by atoms with E-state index in [1.54, 1.807) is 32.8 Å². The normalized spacial score (nSPS) is 11.3. The quantitative estimate of drug-likeness (QED) is 0.802. The molecule has 0 aliphatic carbocycles. The van der Waals surface area contributed by atoms with Crippen LogP contribution in [0.15, 0.2) is 42.2 Å². The van der Waals surface area contributed by atoms with Gasteiger partial charge in [-0.3, -0.25) is 9.79 Å². The van der Waals surface area contributed by atoms with E-state index in [2.05, 4.69) is 15.0 Å². The molecule has 0 saturated carbocycles. The fourth-order valence-electron chi connectivity index (χ4n) is 1.49. The molecule has 2 aromatic rings. The zero-order chi connectivity index (χ0) is 17.2. The Balaban J connectivity index is 0.000000353. The van der Waals surface area contributed by atoms with Gasteiger partial charge < -0.3 is 14.0 Å². The van der Waals surface area contributed by atoms with Crippen LogP contribution in [0.4, 0.5) is 0 Å². The second-order valence-corrected chi connectivity index (χ2v) is 5.19. The maximum atomic E-state index is 10.1. The summed E-state index contributed by atoms with van der Waals surface area (Å²) in [5.74, 6) is 1.11. The molecule has 24 heavy (non-hydrogen) atoms. The molecule has 1 aliphatic heterocycles. The summed E-state index contributed by atoms with van der Waals surface area (Å²) < 4.78 is 3.89. The van der Waals surface area contributed by atoms with Crippen molar-refractivity contribution in [1.82, 2.24) is 24.0 Å². The highest BCUT2D eigenvalue weighted by atomic mass is 16.2. The number of hydrogen-bond donors (Lipinski definition) is 0. The molecular weight excluding hydrogens is 304 g/mol. The third-order valence-corrected chi connectivity index (χ3v) is 3.02. The van der Waals surface area contributed by atoms with Gasteiger partial charge in [-0.05, 0) is 6.08 Å². The minimum absolute atomic E-state index is 0. The number of aryl methyl sites for hydroxylation is 2. The van der Waals surface area contributed by atoms with Crippen molar-refractivity contribution in [2.45, 2.75) is 14.4 Å². The van der Waals surface area contributed by atoms with Gasteiger partial charge in [0.2, 0.25) is 5.91 Å². The summed E-state index contributed by atoms with van der Waals surface area (Å²) in [7, 11) is 7.37. The molecule has 0 radical (unpaired) electrons. The van der Waals surface area contributed by atoms with Crippen LogP contribution in [0.5, 0.6) is 0 Å². The predicted molar refractivity (Wildman–Crippen MR) is 98.9 cm³/mol. The predicted octanol–water partition coefficient (Wildman–Crippen LogP) is 2.04. The van der Waals surface area contributed by atoms with E-state index in [-0.39, 0.29) is 13.3 Å². The Labute approximate surface area is 144 Å². The fraction of sp³-hybridized carbons (Fsp3) is 0.412. The number of imidazole rings is 2. The minimum Gasteiger partial charge on any atom is -0.349 e. The second-order valence-electron chi connectivity index (χ2n) is 5.19. The van der Waals surface area contributed by atoms with Crippen molar-refractivity contribution in [2.75, 3.05) is 20.6 Å². The van der Waals surface area contributed by atoms with E-state index in [0.29, 0.717) is 0 Å². The maximum Gasteiger partial charge on any atom is 0.218 e. The number of aliphatic imine (C=N–C) groups is 1. The number of rotatable bonds is 1. The van der Waals surface area contributed by atoms with Gasteiger partial charge in [0.15, 0.2) is 0 Å². The average molecular weight is 332 g/mol. The van der Waals surface area contributed by atoms with Gasteiger partial charge in [0.25, 0.3) is 0 Å². The van der Waals surface area contributed by atoms with Crippen LogP contribution in [0, 0.1) is 0 Å². The van der Waals surface area contributed by atoms with E-state index in [1.807, 2.05) is 47.9 Å². The number of hydrogen-bond acceptors (Lipinski definition) is 4. The first-order valence-corrected chi connectivity index (χ1v) is 7.18. The molecule has 3 heterocycles. The van der Waals surface area contributed by atoms with E-state index in [4.69, 9.17) is 0 Å². The van der Waals surface area contributed by atoms with E-state index < -0.39 is 0 Å². The van der Waals surface area contributed by atoms with Gasteiger partial charge >= 0.3 is 0 Å².